The standard InChI is InChI=1S/C10H9ClN2O4S/c11-18(14,15)8-5-4-7(16-8)10-13-12-9(17-10)6-2-1-3-6/h4-6H,1-3H2. The van der Waals surface area contributed by atoms with Gasteiger partial charge in [0.05, 0.1) is 0 Å². The number of nitrogens with zero attached hydrogens (tertiary/aromatic N) is 2. The van der Waals surface area contributed by atoms with Gasteiger partial charge < -0.3 is 8.83 Å². The highest BCUT2D eigenvalue weighted by Crippen LogP contribution is 2.36. The fourth-order valence-corrected chi connectivity index (χ4v) is 2.39. The summed E-state index contributed by atoms with van der Waals surface area (Å²) in [6, 6.07) is 2.69. The summed E-state index contributed by atoms with van der Waals surface area (Å²) in [5, 5.41) is 7.43. The largest absolute Gasteiger partial charge is 0.438 e. The monoisotopic (exact) mass is 288 g/mol. The minimum Gasteiger partial charge on any atom is -0.438 e. The summed E-state index contributed by atoms with van der Waals surface area (Å²) in [5.41, 5.74) is 0. The van der Waals surface area contributed by atoms with Gasteiger partial charge in [0.15, 0.2) is 5.76 Å². The van der Waals surface area contributed by atoms with E-state index in [9.17, 15) is 8.42 Å². The Bertz CT molecular complexity index is 672. The van der Waals surface area contributed by atoms with Crippen molar-refractivity contribution in [3.63, 3.8) is 0 Å². The quantitative estimate of drug-likeness (QED) is 0.807. The molecule has 0 aromatic carbocycles. The summed E-state index contributed by atoms with van der Waals surface area (Å²) in [6.45, 7) is 0. The molecule has 2 aromatic rings. The number of aromatic nitrogens is 2. The van der Waals surface area contributed by atoms with Crippen molar-refractivity contribution in [3.05, 3.63) is 18.0 Å². The molecular formula is C10H9ClN2O4S. The molecule has 0 spiro atoms. The van der Waals surface area contributed by atoms with Crippen LogP contribution in [0.25, 0.3) is 11.7 Å². The number of rotatable bonds is 3. The summed E-state index contributed by atoms with van der Waals surface area (Å²) >= 11 is 0. The van der Waals surface area contributed by atoms with Crippen molar-refractivity contribution in [3.8, 4) is 11.7 Å². The Kier molecular flexibility index (Phi) is 2.67. The van der Waals surface area contributed by atoms with E-state index in [1.54, 1.807) is 0 Å². The molecule has 6 nitrogen and oxygen atoms in total. The molecule has 96 valence electrons. The Morgan fingerprint density at radius 3 is 2.56 bits per heavy atom. The molecule has 2 heterocycles. The first-order chi connectivity index (χ1) is 8.54. The van der Waals surface area contributed by atoms with Crippen LogP contribution in [-0.4, -0.2) is 18.6 Å². The zero-order valence-electron chi connectivity index (χ0n) is 9.17. The first kappa shape index (κ1) is 11.7. The minimum absolute atomic E-state index is 0.170. The van der Waals surface area contributed by atoms with Gasteiger partial charge in [-0.25, -0.2) is 8.42 Å². The van der Waals surface area contributed by atoms with Crippen LogP contribution in [0, 0.1) is 0 Å². The van der Waals surface area contributed by atoms with Crippen LogP contribution in [0.1, 0.15) is 31.1 Å². The van der Waals surface area contributed by atoms with E-state index in [2.05, 4.69) is 10.2 Å². The highest BCUT2D eigenvalue weighted by atomic mass is 35.7. The molecule has 0 unspecified atom stereocenters. The maximum atomic E-state index is 11.1. The predicted molar refractivity (Wildman–Crippen MR) is 61.6 cm³/mol. The third kappa shape index (κ3) is 2.04. The van der Waals surface area contributed by atoms with Crippen LogP contribution in [0.2, 0.25) is 0 Å². The van der Waals surface area contributed by atoms with Gasteiger partial charge >= 0.3 is 0 Å². The molecule has 8 heteroatoms. The molecule has 1 aliphatic rings. The van der Waals surface area contributed by atoms with Gasteiger partial charge in [0.25, 0.3) is 14.9 Å². The molecule has 1 aliphatic carbocycles. The second-order valence-corrected chi connectivity index (χ2v) is 6.63. The molecule has 3 rings (SSSR count). The van der Waals surface area contributed by atoms with E-state index in [4.69, 9.17) is 19.5 Å². The average molecular weight is 289 g/mol. The van der Waals surface area contributed by atoms with Crippen molar-refractivity contribution >= 4 is 19.7 Å². The van der Waals surface area contributed by atoms with Crippen molar-refractivity contribution in [2.45, 2.75) is 30.3 Å². The molecule has 0 saturated heterocycles. The third-order valence-corrected chi connectivity index (χ3v) is 4.08. The van der Waals surface area contributed by atoms with Crippen molar-refractivity contribution in [1.29, 1.82) is 0 Å². The van der Waals surface area contributed by atoms with Crippen LogP contribution in [0.5, 0.6) is 0 Å². The van der Waals surface area contributed by atoms with Gasteiger partial charge in [-0.3, -0.25) is 0 Å². The predicted octanol–water partition coefficient (Wildman–Crippen LogP) is 2.52. The molecule has 0 N–H and O–H groups in total. The molecule has 1 fully saturated rings. The van der Waals surface area contributed by atoms with Crippen LogP contribution in [0.15, 0.2) is 26.1 Å². The van der Waals surface area contributed by atoms with Gasteiger partial charge in [0, 0.05) is 16.6 Å². The second kappa shape index (κ2) is 4.10. The van der Waals surface area contributed by atoms with Crippen LogP contribution >= 0.6 is 10.7 Å². The lowest BCUT2D eigenvalue weighted by Crippen LogP contribution is -2.08. The van der Waals surface area contributed by atoms with E-state index in [1.807, 2.05) is 0 Å². The fraction of sp³-hybridized carbons (Fsp3) is 0.400. The Morgan fingerprint density at radius 1 is 1.22 bits per heavy atom. The van der Waals surface area contributed by atoms with Gasteiger partial charge in [0.2, 0.25) is 11.0 Å². The van der Waals surface area contributed by atoms with E-state index >= 15 is 0 Å². The summed E-state index contributed by atoms with van der Waals surface area (Å²) in [7, 11) is 1.28. The first-order valence-corrected chi connectivity index (χ1v) is 7.73. The number of halogens is 1. The van der Waals surface area contributed by atoms with Crippen LogP contribution in [-0.2, 0) is 9.05 Å². The molecule has 1 saturated carbocycles. The summed E-state index contributed by atoms with van der Waals surface area (Å²) < 4.78 is 32.6. The van der Waals surface area contributed by atoms with E-state index in [0.717, 1.165) is 19.3 Å². The van der Waals surface area contributed by atoms with Crippen molar-refractivity contribution < 1.29 is 17.3 Å². The first-order valence-electron chi connectivity index (χ1n) is 5.42. The smallest absolute Gasteiger partial charge is 0.294 e. The van der Waals surface area contributed by atoms with E-state index in [-0.39, 0.29) is 16.7 Å². The molecule has 0 aliphatic heterocycles. The second-order valence-electron chi connectivity index (χ2n) is 4.13. The highest BCUT2D eigenvalue weighted by Gasteiger charge is 2.26. The molecule has 2 aromatic heterocycles. The van der Waals surface area contributed by atoms with Gasteiger partial charge in [-0.05, 0) is 25.0 Å². The summed E-state index contributed by atoms with van der Waals surface area (Å²) in [5.74, 6) is 1.26. The molecule has 0 atom stereocenters. The number of furan rings is 1. The van der Waals surface area contributed by atoms with E-state index < -0.39 is 9.05 Å². The maximum absolute atomic E-state index is 11.1. The van der Waals surface area contributed by atoms with Crippen LogP contribution < -0.4 is 0 Å². The lowest BCUT2D eigenvalue weighted by atomic mass is 9.85. The van der Waals surface area contributed by atoms with Crippen molar-refractivity contribution in [2.24, 2.45) is 0 Å². The van der Waals surface area contributed by atoms with Crippen LogP contribution in [0.3, 0.4) is 0 Å². The Morgan fingerprint density at radius 2 is 2.00 bits per heavy atom. The number of hydrogen-bond donors (Lipinski definition) is 0. The Labute approximate surface area is 107 Å². The molecule has 0 radical (unpaired) electrons. The minimum atomic E-state index is -3.88. The Hall–Kier alpha value is -1.34. The molecule has 0 amide bonds. The summed E-state index contributed by atoms with van der Waals surface area (Å²) in [4.78, 5) is 0. The van der Waals surface area contributed by atoms with Gasteiger partial charge in [-0.15, -0.1) is 10.2 Å². The fourth-order valence-electron chi connectivity index (χ4n) is 1.72. The normalized spacial score (nSPS) is 16.7. The van der Waals surface area contributed by atoms with Gasteiger partial charge in [0.1, 0.15) is 0 Å². The SMILES string of the molecule is O=S(=O)(Cl)c1ccc(-c2nnc(C3CCC3)o2)o1. The molecule has 18 heavy (non-hydrogen) atoms. The average Bonchev–Trinajstić information content (AvgIpc) is 2.78. The lowest BCUT2D eigenvalue weighted by molar-refractivity contribution is 0.334. The maximum Gasteiger partial charge on any atom is 0.294 e. The summed E-state index contributed by atoms with van der Waals surface area (Å²) in [6.07, 6.45) is 3.25. The van der Waals surface area contributed by atoms with Crippen molar-refractivity contribution in [2.75, 3.05) is 0 Å². The van der Waals surface area contributed by atoms with Gasteiger partial charge in [-0.1, -0.05) is 6.42 Å². The third-order valence-electron chi connectivity index (χ3n) is 2.93. The van der Waals surface area contributed by atoms with Crippen molar-refractivity contribution in [1.82, 2.24) is 10.2 Å². The topological polar surface area (TPSA) is 86.2 Å². The lowest BCUT2D eigenvalue weighted by Gasteiger charge is -2.20. The zero-order chi connectivity index (χ0) is 12.8. The van der Waals surface area contributed by atoms with E-state index in [1.165, 1.54) is 12.1 Å². The van der Waals surface area contributed by atoms with Gasteiger partial charge in [-0.2, -0.15) is 0 Å². The van der Waals surface area contributed by atoms with E-state index in [0.29, 0.717) is 11.8 Å². The Balaban J connectivity index is 1.90. The molecule has 0 bridgehead atoms. The number of hydrogen-bond acceptors (Lipinski definition) is 6. The molecular weight excluding hydrogens is 280 g/mol. The highest BCUT2D eigenvalue weighted by molar-refractivity contribution is 8.13. The van der Waals surface area contributed by atoms with Crippen LogP contribution in [0.4, 0.5) is 0 Å². The zero-order valence-corrected chi connectivity index (χ0v) is 10.7.